The number of hydrogen-bond acceptors (Lipinski definition) is 5. The zero-order valence-electron chi connectivity index (χ0n) is 14.1. The van der Waals surface area contributed by atoms with Crippen LogP contribution in [0.4, 0.5) is 11.5 Å². The number of hydrogen-bond donors (Lipinski definition) is 2. The molecule has 1 aromatic heterocycles. The van der Waals surface area contributed by atoms with Gasteiger partial charge in [0.1, 0.15) is 0 Å². The van der Waals surface area contributed by atoms with Crippen molar-refractivity contribution in [3.63, 3.8) is 0 Å². The molecule has 7 heteroatoms. The molecule has 3 rings (SSSR count). The molecule has 0 saturated carbocycles. The van der Waals surface area contributed by atoms with E-state index in [0.717, 1.165) is 30.9 Å². The molecule has 7 nitrogen and oxygen atoms in total. The molecule has 1 atom stereocenters. The van der Waals surface area contributed by atoms with E-state index in [-0.39, 0.29) is 11.8 Å². The van der Waals surface area contributed by atoms with E-state index in [4.69, 9.17) is 5.73 Å². The number of aromatic nitrogens is 2. The third-order valence-electron chi connectivity index (χ3n) is 4.35. The molecule has 25 heavy (non-hydrogen) atoms. The number of anilines is 2. The minimum atomic E-state index is -0.559. The van der Waals surface area contributed by atoms with Gasteiger partial charge in [-0.2, -0.15) is 5.10 Å². The van der Waals surface area contributed by atoms with Gasteiger partial charge in [-0.25, -0.2) is 0 Å². The van der Waals surface area contributed by atoms with Crippen LogP contribution in [-0.4, -0.2) is 35.1 Å². The minimum Gasteiger partial charge on any atom is -0.366 e. The van der Waals surface area contributed by atoms with Crippen LogP contribution in [0.2, 0.25) is 0 Å². The van der Waals surface area contributed by atoms with Crippen molar-refractivity contribution in [2.24, 2.45) is 11.7 Å². The van der Waals surface area contributed by atoms with Gasteiger partial charge in [-0.15, -0.1) is 5.10 Å². The summed E-state index contributed by atoms with van der Waals surface area (Å²) in [7, 11) is 0. The van der Waals surface area contributed by atoms with Crippen LogP contribution in [-0.2, 0) is 4.79 Å². The fourth-order valence-electron chi connectivity index (χ4n) is 3.00. The molecule has 2 heterocycles. The third-order valence-corrected chi connectivity index (χ3v) is 4.35. The number of para-hydroxylation sites is 1. The Hall–Kier alpha value is -2.96. The van der Waals surface area contributed by atoms with Crippen LogP contribution in [0, 0.1) is 12.8 Å². The Labute approximate surface area is 146 Å². The van der Waals surface area contributed by atoms with Gasteiger partial charge < -0.3 is 16.0 Å². The molecule has 130 valence electrons. The van der Waals surface area contributed by atoms with Gasteiger partial charge in [0.25, 0.3) is 5.91 Å². The molecule has 1 fully saturated rings. The first-order valence-electron chi connectivity index (χ1n) is 8.29. The van der Waals surface area contributed by atoms with Gasteiger partial charge in [-0.3, -0.25) is 9.59 Å². The van der Waals surface area contributed by atoms with Gasteiger partial charge in [-0.1, -0.05) is 12.1 Å². The molecule has 1 saturated heterocycles. The lowest BCUT2D eigenvalue weighted by atomic mass is 9.96. The van der Waals surface area contributed by atoms with Gasteiger partial charge in [0, 0.05) is 13.1 Å². The molecule has 0 bridgehead atoms. The quantitative estimate of drug-likeness (QED) is 0.883. The first kappa shape index (κ1) is 16.9. The molecule has 0 radical (unpaired) electrons. The summed E-state index contributed by atoms with van der Waals surface area (Å²) >= 11 is 0. The van der Waals surface area contributed by atoms with E-state index in [9.17, 15) is 9.59 Å². The Morgan fingerprint density at radius 1 is 1.20 bits per heavy atom. The van der Waals surface area contributed by atoms with Crippen molar-refractivity contribution in [2.45, 2.75) is 19.8 Å². The number of aryl methyl sites for hydroxylation is 1. The van der Waals surface area contributed by atoms with Crippen LogP contribution in [0.15, 0.2) is 36.4 Å². The summed E-state index contributed by atoms with van der Waals surface area (Å²) in [4.78, 5) is 26.2. The van der Waals surface area contributed by atoms with E-state index in [1.165, 1.54) is 0 Å². The normalized spacial score (nSPS) is 17.2. The highest BCUT2D eigenvalue weighted by molar-refractivity contribution is 6.03. The summed E-state index contributed by atoms with van der Waals surface area (Å²) in [6.07, 6.45) is 1.69. The zero-order chi connectivity index (χ0) is 17.8. The highest BCUT2D eigenvalue weighted by Crippen LogP contribution is 2.23. The molecular formula is C18H21N5O2. The minimum absolute atomic E-state index is 0.113. The van der Waals surface area contributed by atoms with Gasteiger partial charge in [0.05, 0.1) is 22.9 Å². The number of amides is 2. The molecule has 3 N–H and O–H groups in total. The monoisotopic (exact) mass is 339 g/mol. The first-order chi connectivity index (χ1) is 12.0. The smallest absolute Gasteiger partial charge is 0.250 e. The van der Waals surface area contributed by atoms with Crippen molar-refractivity contribution in [1.82, 2.24) is 10.2 Å². The van der Waals surface area contributed by atoms with Gasteiger partial charge in [-0.05, 0) is 44.0 Å². The average Bonchev–Trinajstić information content (AvgIpc) is 2.62. The Balaban J connectivity index is 1.70. The number of carbonyl (C=O) groups excluding carboxylic acids is 2. The molecule has 1 aliphatic heterocycles. The second-order valence-corrected chi connectivity index (χ2v) is 6.22. The molecule has 1 aliphatic rings. The highest BCUT2D eigenvalue weighted by Gasteiger charge is 2.27. The number of rotatable bonds is 4. The summed E-state index contributed by atoms with van der Waals surface area (Å²) in [6, 6.07) is 10.6. The van der Waals surface area contributed by atoms with Crippen molar-refractivity contribution in [2.75, 3.05) is 23.3 Å². The SMILES string of the molecule is Cc1ccc(N2CCCC(C(=O)Nc3ccccc3C(N)=O)C2)nn1. The van der Waals surface area contributed by atoms with E-state index >= 15 is 0 Å². The lowest BCUT2D eigenvalue weighted by Crippen LogP contribution is -2.41. The van der Waals surface area contributed by atoms with E-state index in [2.05, 4.69) is 20.4 Å². The zero-order valence-corrected chi connectivity index (χ0v) is 14.1. The summed E-state index contributed by atoms with van der Waals surface area (Å²) in [5.41, 5.74) is 6.99. The van der Waals surface area contributed by atoms with Crippen molar-refractivity contribution in [3.05, 3.63) is 47.7 Å². The predicted molar refractivity (Wildman–Crippen MR) is 95.3 cm³/mol. The Morgan fingerprint density at radius 3 is 2.72 bits per heavy atom. The van der Waals surface area contributed by atoms with Crippen LogP contribution < -0.4 is 16.0 Å². The fraction of sp³-hybridized carbons (Fsp3) is 0.333. The number of nitrogens with two attached hydrogens (primary N) is 1. The van der Waals surface area contributed by atoms with Crippen LogP contribution in [0.3, 0.4) is 0 Å². The summed E-state index contributed by atoms with van der Waals surface area (Å²) < 4.78 is 0. The maximum absolute atomic E-state index is 12.6. The van der Waals surface area contributed by atoms with Crippen molar-refractivity contribution in [1.29, 1.82) is 0 Å². The van der Waals surface area contributed by atoms with Crippen molar-refractivity contribution < 1.29 is 9.59 Å². The maximum Gasteiger partial charge on any atom is 0.250 e. The number of benzene rings is 1. The van der Waals surface area contributed by atoms with Crippen LogP contribution in [0.1, 0.15) is 28.9 Å². The number of primary amides is 1. The van der Waals surface area contributed by atoms with Crippen LogP contribution in [0.25, 0.3) is 0 Å². The second kappa shape index (κ2) is 7.29. The van der Waals surface area contributed by atoms with Crippen molar-refractivity contribution >= 4 is 23.3 Å². The molecule has 2 aromatic rings. The molecular weight excluding hydrogens is 318 g/mol. The number of piperidine rings is 1. The lowest BCUT2D eigenvalue weighted by molar-refractivity contribution is -0.120. The third kappa shape index (κ3) is 3.93. The van der Waals surface area contributed by atoms with E-state index < -0.39 is 5.91 Å². The Kier molecular flexibility index (Phi) is 4.92. The number of nitrogens with zero attached hydrogens (tertiary/aromatic N) is 3. The van der Waals surface area contributed by atoms with Gasteiger partial charge in [0.15, 0.2) is 5.82 Å². The summed E-state index contributed by atoms with van der Waals surface area (Å²) in [6.45, 7) is 3.31. The van der Waals surface area contributed by atoms with E-state index in [0.29, 0.717) is 17.8 Å². The van der Waals surface area contributed by atoms with Gasteiger partial charge in [0.2, 0.25) is 5.91 Å². The summed E-state index contributed by atoms with van der Waals surface area (Å²) in [5.74, 6) is -0.0759. The average molecular weight is 339 g/mol. The fourth-order valence-corrected chi connectivity index (χ4v) is 3.00. The Morgan fingerprint density at radius 2 is 2.00 bits per heavy atom. The highest BCUT2D eigenvalue weighted by atomic mass is 16.2. The largest absolute Gasteiger partial charge is 0.366 e. The maximum atomic E-state index is 12.6. The van der Waals surface area contributed by atoms with Crippen molar-refractivity contribution in [3.8, 4) is 0 Å². The van der Waals surface area contributed by atoms with E-state index in [1.807, 2.05) is 19.1 Å². The Bertz CT molecular complexity index is 775. The molecule has 0 aliphatic carbocycles. The topological polar surface area (TPSA) is 101 Å². The summed E-state index contributed by atoms with van der Waals surface area (Å²) in [5, 5.41) is 11.1. The second-order valence-electron chi connectivity index (χ2n) is 6.22. The van der Waals surface area contributed by atoms with Crippen LogP contribution >= 0.6 is 0 Å². The number of carbonyl (C=O) groups is 2. The molecule has 2 amide bonds. The molecule has 1 unspecified atom stereocenters. The molecule has 1 aromatic carbocycles. The van der Waals surface area contributed by atoms with Crippen LogP contribution in [0.5, 0.6) is 0 Å². The first-order valence-corrected chi connectivity index (χ1v) is 8.29. The molecule has 0 spiro atoms. The standard InChI is InChI=1S/C18H21N5O2/c1-12-8-9-16(22-21-12)23-10-4-5-13(11-23)18(25)20-15-7-3-2-6-14(15)17(19)24/h2-3,6-9,13H,4-5,10-11H2,1H3,(H2,19,24)(H,20,25). The van der Waals surface area contributed by atoms with Gasteiger partial charge >= 0.3 is 0 Å². The number of nitrogens with one attached hydrogen (secondary N) is 1. The predicted octanol–water partition coefficient (Wildman–Crippen LogP) is 1.74. The lowest BCUT2D eigenvalue weighted by Gasteiger charge is -2.32. The van der Waals surface area contributed by atoms with E-state index in [1.54, 1.807) is 24.3 Å².